The van der Waals surface area contributed by atoms with Crippen molar-refractivity contribution in [3.05, 3.63) is 77.6 Å². The van der Waals surface area contributed by atoms with Crippen LogP contribution in [0.4, 0.5) is 0 Å². The van der Waals surface area contributed by atoms with Crippen LogP contribution in [0.1, 0.15) is 5.56 Å². The van der Waals surface area contributed by atoms with Gasteiger partial charge in [-0.05, 0) is 36.4 Å². The maximum atomic E-state index is 11.9. The highest BCUT2D eigenvalue weighted by Gasteiger charge is 2.08. The number of benzene rings is 2. The molecule has 0 saturated heterocycles. The Morgan fingerprint density at radius 2 is 1.80 bits per heavy atom. The Kier molecular flexibility index (Phi) is 5.69. The number of hydrogen-bond donors (Lipinski definition) is 0. The van der Waals surface area contributed by atoms with Gasteiger partial charge in [0, 0.05) is 16.8 Å². The fourth-order valence-corrected chi connectivity index (χ4v) is 2.36. The Balaban J connectivity index is 1.42. The topological polar surface area (TPSA) is 53.4 Å². The molecular formula is C19H17ClN2O3. The van der Waals surface area contributed by atoms with Crippen LogP contribution in [0.2, 0.25) is 5.02 Å². The Hall–Kier alpha value is -2.79. The van der Waals surface area contributed by atoms with Gasteiger partial charge in [-0.1, -0.05) is 29.8 Å². The highest BCUT2D eigenvalue weighted by Crippen LogP contribution is 2.15. The minimum absolute atomic E-state index is 0.174. The summed E-state index contributed by atoms with van der Waals surface area (Å²) in [6.45, 7) is 0.477. The van der Waals surface area contributed by atoms with Gasteiger partial charge in [0.2, 0.25) is 0 Å². The van der Waals surface area contributed by atoms with Gasteiger partial charge in [0.1, 0.15) is 19.0 Å². The fourth-order valence-electron chi connectivity index (χ4n) is 2.24. The molecule has 2 aromatic carbocycles. The second kappa shape index (κ2) is 8.35. The second-order valence-electron chi connectivity index (χ2n) is 5.33. The molecule has 0 spiro atoms. The molecule has 5 nitrogen and oxygen atoms in total. The lowest BCUT2D eigenvalue weighted by atomic mass is 10.2. The van der Waals surface area contributed by atoms with E-state index in [9.17, 15) is 4.79 Å². The molecule has 128 valence electrons. The number of rotatable bonds is 7. The summed E-state index contributed by atoms with van der Waals surface area (Å²) < 4.78 is 12.4. The van der Waals surface area contributed by atoms with Crippen molar-refractivity contribution >= 4 is 17.6 Å². The van der Waals surface area contributed by atoms with E-state index in [4.69, 9.17) is 21.1 Å². The maximum Gasteiger partial charge on any atom is 0.310 e. The summed E-state index contributed by atoms with van der Waals surface area (Å²) in [5, 5.41) is 4.90. The Labute approximate surface area is 150 Å². The molecule has 0 saturated carbocycles. The first-order valence-corrected chi connectivity index (χ1v) is 8.21. The van der Waals surface area contributed by atoms with E-state index in [2.05, 4.69) is 5.10 Å². The third kappa shape index (κ3) is 5.09. The summed E-state index contributed by atoms with van der Waals surface area (Å²) in [7, 11) is 0. The molecule has 0 aliphatic carbocycles. The zero-order valence-electron chi connectivity index (χ0n) is 13.5. The van der Waals surface area contributed by atoms with Crippen LogP contribution in [0.25, 0.3) is 5.69 Å². The number of halogens is 1. The molecular weight excluding hydrogens is 340 g/mol. The number of nitrogens with zero attached hydrogens (tertiary/aromatic N) is 2. The second-order valence-corrected chi connectivity index (χ2v) is 5.76. The van der Waals surface area contributed by atoms with Gasteiger partial charge < -0.3 is 9.47 Å². The van der Waals surface area contributed by atoms with Gasteiger partial charge in [-0.3, -0.25) is 4.79 Å². The summed E-state index contributed by atoms with van der Waals surface area (Å²) in [5.74, 6) is 0.372. The van der Waals surface area contributed by atoms with Crippen LogP contribution in [0.3, 0.4) is 0 Å². The average molecular weight is 357 g/mol. The first-order valence-electron chi connectivity index (χ1n) is 7.84. The maximum absolute atomic E-state index is 11.9. The van der Waals surface area contributed by atoms with Crippen LogP contribution in [0.5, 0.6) is 5.75 Å². The highest BCUT2D eigenvalue weighted by atomic mass is 35.5. The molecule has 0 atom stereocenters. The van der Waals surface area contributed by atoms with Crippen molar-refractivity contribution in [1.29, 1.82) is 0 Å². The molecule has 6 heteroatoms. The van der Waals surface area contributed by atoms with Crippen molar-refractivity contribution in [2.24, 2.45) is 0 Å². The average Bonchev–Trinajstić information content (AvgIpc) is 3.09. The molecule has 1 heterocycles. The van der Waals surface area contributed by atoms with Gasteiger partial charge >= 0.3 is 5.97 Å². The largest absolute Gasteiger partial charge is 0.490 e. The molecule has 0 aliphatic heterocycles. The predicted octanol–water partition coefficient (Wildman–Crippen LogP) is 3.69. The van der Waals surface area contributed by atoms with E-state index in [-0.39, 0.29) is 25.6 Å². The van der Waals surface area contributed by atoms with Crippen molar-refractivity contribution < 1.29 is 14.3 Å². The van der Waals surface area contributed by atoms with Gasteiger partial charge in [0.15, 0.2) is 0 Å². The summed E-state index contributed by atoms with van der Waals surface area (Å²) in [5.41, 5.74) is 1.74. The lowest BCUT2D eigenvalue weighted by Crippen LogP contribution is -2.13. The lowest BCUT2D eigenvalue weighted by molar-refractivity contribution is -0.143. The van der Waals surface area contributed by atoms with E-state index in [1.165, 1.54) is 0 Å². The van der Waals surface area contributed by atoms with Gasteiger partial charge in [-0.15, -0.1) is 0 Å². The van der Waals surface area contributed by atoms with Crippen molar-refractivity contribution in [3.8, 4) is 11.4 Å². The minimum atomic E-state index is -0.313. The molecule has 0 N–H and O–H groups in total. The molecule has 0 aliphatic rings. The van der Waals surface area contributed by atoms with Crippen molar-refractivity contribution in [2.75, 3.05) is 13.2 Å². The quantitative estimate of drug-likeness (QED) is 0.478. The van der Waals surface area contributed by atoms with Crippen LogP contribution in [0, 0.1) is 0 Å². The zero-order chi connectivity index (χ0) is 17.5. The Bertz CT molecular complexity index is 816. The van der Waals surface area contributed by atoms with Gasteiger partial charge in [-0.2, -0.15) is 5.10 Å². The van der Waals surface area contributed by atoms with Crippen LogP contribution in [0.15, 0.2) is 67.0 Å². The molecule has 3 rings (SSSR count). The number of ether oxygens (including phenoxy) is 2. The number of aromatic nitrogens is 2. The Morgan fingerprint density at radius 3 is 2.56 bits per heavy atom. The normalized spacial score (nSPS) is 10.4. The predicted molar refractivity (Wildman–Crippen MR) is 95.2 cm³/mol. The van der Waals surface area contributed by atoms with E-state index in [0.29, 0.717) is 10.8 Å². The van der Waals surface area contributed by atoms with Crippen LogP contribution >= 0.6 is 11.6 Å². The van der Waals surface area contributed by atoms with E-state index in [0.717, 1.165) is 11.3 Å². The van der Waals surface area contributed by atoms with Gasteiger partial charge in [0.05, 0.1) is 18.3 Å². The molecule has 3 aromatic rings. The first-order chi connectivity index (χ1) is 12.2. The molecule has 1 aromatic heterocycles. The number of carbonyl (C=O) groups is 1. The van der Waals surface area contributed by atoms with Gasteiger partial charge in [-0.25, -0.2) is 4.68 Å². The fraction of sp³-hybridized carbons (Fsp3) is 0.158. The molecule has 0 radical (unpaired) electrons. The number of carbonyl (C=O) groups excluding carboxylic acids is 1. The lowest BCUT2D eigenvalue weighted by Gasteiger charge is -2.07. The van der Waals surface area contributed by atoms with Crippen LogP contribution < -0.4 is 4.74 Å². The van der Waals surface area contributed by atoms with Crippen LogP contribution in [-0.4, -0.2) is 29.0 Å². The molecule has 0 fully saturated rings. The van der Waals surface area contributed by atoms with Crippen molar-refractivity contribution in [2.45, 2.75) is 6.42 Å². The van der Waals surface area contributed by atoms with Crippen molar-refractivity contribution in [1.82, 2.24) is 9.78 Å². The smallest absolute Gasteiger partial charge is 0.310 e. The van der Waals surface area contributed by atoms with E-state index in [1.807, 2.05) is 36.5 Å². The van der Waals surface area contributed by atoms with E-state index in [1.54, 1.807) is 35.1 Å². The standard InChI is InChI=1S/C19H17ClN2O3/c20-16-6-8-18(9-7-16)24-10-11-25-19(23)12-15-13-21-22(14-15)17-4-2-1-3-5-17/h1-9,13-14H,10-12H2. The monoisotopic (exact) mass is 356 g/mol. The third-order valence-electron chi connectivity index (χ3n) is 3.43. The number of para-hydroxylation sites is 1. The van der Waals surface area contributed by atoms with Crippen molar-refractivity contribution in [3.63, 3.8) is 0 Å². The number of esters is 1. The Morgan fingerprint density at radius 1 is 1.04 bits per heavy atom. The summed E-state index contributed by atoms with van der Waals surface area (Å²) in [6.07, 6.45) is 3.66. The van der Waals surface area contributed by atoms with Crippen LogP contribution in [-0.2, 0) is 16.0 Å². The minimum Gasteiger partial charge on any atom is -0.490 e. The third-order valence-corrected chi connectivity index (χ3v) is 3.69. The van der Waals surface area contributed by atoms with E-state index >= 15 is 0 Å². The number of hydrogen-bond acceptors (Lipinski definition) is 4. The van der Waals surface area contributed by atoms with E-state index < -0.39 is 0 Å². The summed E-state index contributed by atoms with van der Waals surface area (Å²) in [4.78, 5) is 11.9. The first kappa shape index (κ1) is 17.0. The molecule has 25 heavy (non-hydrogen) atoms. The zero-order valence-corrected chi connectivity index (χ0v) is 14.2. The summed E-state index contributed by atoms with van der Waals surface area (Å²) >= 11 is 5.80. The molecule has 0 unspecified atom stereocenters. The SMILES string of the molecule is O=C(Cc1cnn(-c2ccccc2)c1)OCCOc1ccc(Cl)cc1. The molecule has 0 bridgehead atoms. The highest BCUT2D eigenvalue weighted by molar-refractivity contribution is 6.30. The summed E-state index contributed by atoms with van der Waals surface area (Å²) in [6, 6.07) is 16.7. The van der Waals surface area contributed by atoms with Gasteiger partial charge in [0.25, 0.3) is 0 Å². The molecule has 0 amide bonds.